The van der Waals surface area contributed by atoms with Crippen LogP contribution in [0.5, 0.6) is 0 Å². The maximum Gasteiger partial charge on any atom is 0.229 e. The van der Waals surface area contributed by atoms with Crippen molar-refractivity contribution < 1.29 is 4.39 Å². The number of likely N-dealkylation sites (N-methyl/N-ethyl adjacent to an activating group) is 1. The van der Waals surface area contributed by atoms with Gasteiger partial charge in [0.15, 0.2) is 5.82 Å². The molecule has 0 amide bonds. The van der Waals surface area contributed by atoms with Crippen LogP contribution in [0.25, 0.3) is 11.3 Å². The Kier molecular flexibility index (Phi) is 5.73. The fraction of sp³-hybridized carbons (Fsp3) is 0.478. The third-order valence-corrected chi connectivity index (χ3v) is 6.46. The van der Waals surface area contributed by atoms with Gasteiger partial charge in [0.05, 0.1) is 30.0 Å². The summed E-state index contributed by atoms with van der Waals surface area (Å²) in [6.07, 6.45) is 8.12. The first-order valence-corrected chi connectivity index (χ1v) is 11.3. The highest BCUT2D eigenvalue weighted by Gasteiger charge is 2.24. The molecule has 5 heterocycles. The summed E-state index contributed by atoms with van der Waals surface area (Å²) in [5.41, 5.74) is 3.19. The number of aromatic nitrogens is 5. The van der Waals surface area contributed by atoms with E-state index in [9.17, 15) is 4.39 Å². The number of hydrogen-bond donors (Lipinski definition) is 1. The van der Waals surface area contributed by atoms with E-state index >= 15 is 0 Å². The zero-order valence-electron chi connectivity index (χ0n) is 18.6. The maximum absolute atomic E-state index is 14.7. The lowest BCUT2D eigenvalue weighted by Gasteiger charge is -2.33. The molecule has 0 saturated carbocycles. The third-order valence-electron chi connectivity index (χ3n) is 6.46. The van der Waals surface area contributed by atoms with Crippen molar-refractivity contribution >= 4 is 17.5 Å². The molecule has 0 aromatic carbocycles. The van der Waals surface area contributed by atoms with Crippen LogP contribution >= 0.6 is 0 Å². The van der Waals surface area contributed by atoms with Gasteiger partial charge in [-0.05, 0) is 37.9 Å². The topological polar surface area (TPSA) is 75.0 Å². The summed E-state index contributed by atoms with van der Waals surface area (Å²) >= 11 is 0. The minimum Gasteiger partial charge on any atom is -0.368 e. The fourth-order valence-electron chi connectivity index (χ4n) is 4.57. The summed E-state index contributed by atoms with van der Waals surface area (Å²) in [6.45, 7) is 7.11. The number of rotatable bonds is 4. The monoisotopic (exact) mass is 436 g/mol. The smallest absolute Gasteiger partial charge is 0.229 e. The van der Waals surface area contributed by atoms with Crippen molar-refractivity contribution in [2.45, 2.75) is 38.6 Å². The molecule has 3 aromatic rings. The largest absolute Gasteiger partial charge is 0.368 e. The van der Waals surface area contributed by atoms with E-state index < -0.39 is 5.82 Å². The Labute approximate surface area is 187 Å². The van der Waals surface area contributed by atoms with Crippen LogP contribution in [0, 0.1) is 5.82 Å². The predicted molar refractivity (Wildman–Crippen MR) is 123 cm³/mol. The number of hydrogen-bond acceptors (Lipinski definition) is 7. The number of fused-ring (bicyclic) bond motifs is 1. The number of piperazine rings is 1. The normalized spacial score (nSPS) is 19.5. The Morgan fingerprint density at radius 3 is 2.62 bits per heavy atom. The van der Waals surface area contributed by atoms with Crippen LogP contribution in [0.3, 0.4) is 0 Å². The first-order chi connectivity index (χ1) is 15.6. The standard InChI is InChI=1S/C23H29FN8/c1-16-5-3-4-8-32-22(16)18(14-27-32)21-19(24)15-26-23(29-21)28-20-7-6-17(13-25-20)31-11-9-30(2)10-12-31/h6-7,13-16H,3-5,8-12H2,1-2H3,(H,25,26,28,29)/t16-/m1/s1. The Hall–Kier alpha value is -3.07. The molecule has 3 aromatic heterocycles. The molecule has 0 bridgehead atoms. The first kappa shape index (κ1) is 20.8. The van der Waals surface area contributed by atoms with E-state index in [1.807, 2.05) is 23.0 Å². The van der Waals surface area contributed by atoms with Crippen molar-refractivity contribution in [2.75, 3.05) is 43.4 Å². The third kappa shape index (κ3) is 4.17. The predicted octanol–water partition coefficient (Wildman–Crippen LogP) is 3.66. The second kappa shape index (κ2) is 8.82. The Bertz CT molecular complexity index is 1070. The van der Waals surface area contributed by atoms with Crippen molar-refractivity contribution in [1.82, 2.24) is 29.6 Å². The Balaban J connectivity index is 1.37. The molecule has 32 heavy (non-hydrogen) atoms. The average Bonchev–Trinajstić information content (AvgIpc) is 3.14. The summed E-state index contributed by atoms with van der Waals surface area (Å²) in [5.74, 6) is 0.816. The lowest BCUT2D eigenvalue weighted by molar-refractivity contribution is 0.313. The van der Waals surface area contributed by atoms with Crippen molar-refractivity contribution in [2.24, 2.45) is 0 Å². The SMILES string of the molecule is C[C@@H]1CCCCn2ncc(-c3nc(Nc4ccc(N5CCN(C)CC5)cn4)ncc3F)c21. The fourth-order valence-corrected chi connectivity index (χ4v) is 4.57. The van der Waals surface area contributed by atoms with Crippen LogP contribution in [0.15, 0.2) is 30.7 Å². The first-order valence-electron chi connectivity index (χ1n) is 11.3. The van der Waals surface area contributed by atoms with E-state index in [0.29, 0.717) is 17.7 Å². The van der Waals surface area contributed by atoms with Crippen LogP contribution in [-0.4, -0.2) is 62.9 Å². The number of halogens is 1. The summed E-state index contributed by atoms with van der Waals surface area (Å²) in [6, 6.07) is 3.96. The maximum atomic E-state index is 14.7. The highest BCUT2D eigenvalue weighted by molar-refractivity contribution is 5.65. The highest BCUT2D eigenvalue weighted by Crippen LogP contribution is 2.34. The number of nitrogens with one attached hydrogen (secondary N) is 1. The molecule has 1 atom stereocenters. The van der Waals surface area contributed by atoms with Crippen molar-refractivity contribution in [3.8, 4) is 11.3 Å². The number of anilines is 3. The average molecular weight is 437 g/mol. The van der Waals surface area contributed by atoms with Gasteiger partial charge in [-0.1, -0.05) is 13.3 Å². The van der Waals surface area contributed by atoms with E-state index in [-0.39, 0.29) is 5.69 Å². The molecule has 8 nitrogen and oxygen atoms in total. The van der Waals surface area contributed by atoms with Crippen molar-refractivity contribution in [1.29, 1.82) is 0 Å². The summed E-state index contributed by atoms with van der Waals surface area (Å²) in [7, 11) is 2.14. The van der Waals surface area contributed by atoms with Crippen LogP contribution in [0.1, 0.15) is 37.8 Å². The van der Waals surface area contributed by atoms with Gasteiger partial charge in [0.25, 0.3) is 0 Å². The molecule has 2 aliphatic rings. The Morgan fingerprint density at radius 1 is 1.00 bits per heavy atom. The van der Waals surface area contributed by atoms with Gasteiger partial charge in [-0.2, -0.15) is 5.10 Å². The molecular formula is C23H29FN8. The second-order valence-electron chi connectivity index (χ2n) is 8.77. The van der Waals surface area contributed by atoms with Crippen LogP contribution in [-0.2, 0) is 6.54 Å². The van der Waals surface area contributed by atoms with E-state index in [1.54, 1.807) is 6.20 Å². The second-order valence-corrected chi connectivity index (χ2v) is 8.77. The van der Waals surface area contributed by atoms with Gasteiger partial charge in [-0.15, -0.1) is 0 Å². The summed E-state index contributed by atoms with van der Waals surface area (Å²) < 4.78 is 16.7. The zero-order valence-corrected chi connectivity index (χ0v) is 18.6. The molecule has 0 aliphatic carbocycles. The van der Waals surface area contributed by atoms with Gasteiger partial charge < -0.3 is 15.1 Å². The number of pyridine rings is 1. The molecule has 2 aliphatic heterocycles. The van der Waals surface area contributed by atoms with E-state index in [2.05, 4.69) is 49.1 Å². The summed E-state index contributed by atoms with van der Waals surface area (Å²) in [5, 5.41) is 7.63. The highest BCUT2D eigenvalue weighted by atomic mass is 19.1. The van der Waals surface area contributed by atoms with E-state index in [0.717, 1.165) is 68.9 Å². The van der Waals surface area contributed by atoms with Gasteiger partial charge in [0.1, 0.15) is 11.5 Å². The minimum absolute atomic E-state index is 0.284. The summed E-state index contributed by atoms with van der Waals surface area (Å²) in [4.78, 5) is 17.8. The van der Waals surface area contributed by atoms with Crippen LogP contribution < -0.4 is 10.2 Å². The van der Waals surface area contributed by atoms with Gasteiger partial charge in [-0.25, -0.2) is 19.3 Å². The number of aryl methyl sites for hydroxylation is 1. The number of nitrogens with zero attached hydrogens (tertiary/aromatic N) is 7. The molecule has 0 unspecified atom stereocenters. The molecule has 168 valence electrons. The molecule has 5 rings (SSSR count). The lowest BCUT2D eigenvalue weighted by Crippen LogP contribution is -2.44. The van der Waals surface area contributed by atoms with Crippen LogP contribution in [0.4, 0.5) is 21.8 Å². The molecule has 1 N–H and O–H groups in total. The van der Waals surface area contributed by atoms with E-state index in [4.69, 9.17) is 0 Å². The molecule has 9 heteroatoms. The quantitative estimate of drug-likeness (QED) is 0.669. The van der Waals surface area contributed by atoms with Crippen molar-refractivity contribution in [3.63, 3.8) is 0 Å². The van der Waals surface area contributed by atoms with Gasteiger partial charge >= 0.3 is 0 Å². The minimum atomic E-state index is -0.443. The molecule has 1 saturated heterocycles. The lowest BCUT2D eigenvalue weighted by atomic mass is 9.97. The van der Waals surface area contributed by atoms with Gasteiger partial charge in [0.2, 0.25) is 5.95 Å². The van der Waals surface area contributed by atoms with Gasteiger partial charge in [0, 0.05) is 38.3 Å². The molecule has 0 spiro atoms. The Morgan fingerprint density at radius 2 is 1.84 bits per heavy atom. The zero-order chi connectivity index (χ0) is 22.1. The van der Waals surface area contributed by atoms with Crippen molar-refractivity contribution in [3.05, 3.63) is 42.2 Å². The van der Waals surface area contributed by atoms with Gasteiger partial charge in [-0.3, -0.25) is 4.68 Å². The van der Waals surface area contributed by atoms with E-state index in [1.165, 1.54) is 6.20 Å². The molecular weight excluding hydrogens is 407 g/mol. The van der Waals surface area contributed by atoms with Crippen LogP contribution in [0.2, 0.25) is 0 Å². The molecule has 1 fully saturated rings. The molecule has 0 radical (unpaired) electrons.